The van der Waals surface area contributed by atoms with Crippen molar-refractivity contribution in [3.05, 3.63) is 11.7 Å². The summed E-state index contributed by atoms with van der Waals surface area (Å²) >= 11 is 0. The molecular formula is C14H23N5O3. The summed E-state index contributed by atoms with van der Waals surface area (Å²) in [5.41, 5.74) is 0. The second-order valence-corrected chi connectivity index (χ2v) is 5.15. The topological polar surface area (TPSA) is 92.8 Å². The molecule has 1 aromatic heterocycles. The summed E-state index contributed by atoms with van der Waals surface area (Å²) in [6, 6.07) is 0. The van der Waals surface area contributed by atoms with Crippen LogP contribution in [-0.2, 0) is 16.1 Å². The maximum atomic E-state index is 11.7. The van der Waals surface area contributed by atoms with Crippen LogP contribution in [0.3, 0.4) is 0 Å². The van der Waals surface area contributed by atoms with E-state index < -0.39 is 0 Å². The van der Waals surface area contributed by atoms with E-state index in [1.807, 2.05) is 6.92 Å². The summed E-state index contributed by atoms with van der Waals surface area (Å²) in [6.07, 6.45) is 1.55. The number of rotatable bonds is 4. The molecule has 1 fully saturated rings. The number of aliphatic imine (C=N–C) groups is 1. The third kappa shape index (κ3) is 4.19. The van der Waals surface area contributed by atoms with Crippen molar-refractivity contribution in [1.29, 1.82) is 0 Å². The van der Waals surface area contributed by atoms with Crippen LogP contribution in [0.15, 0.2) is 9.52 Å². The third-order valence-electron chi connectivity index (χ3n) is 3.59. The average molecular weight is 309 g/mol. The fraction of sp³-hybridized carbons (Fsp3) is 0.714. The van der Waals surface area contributed by atoms with Crippen molar-refractivity contribution in [2.75, 3.05) is 26.7 Å². The molecule has 1 aliphatic heterocycles. The lowest BCUT2D eigenvalue weighted by atomic mass is 9.97. The van der Waals surface area contributed by atoms with E-state index in [0.717, 1.165) is 31.9 Å². The Labute approximate surface area is 129 Å². The SMILES string of the molecule is CCOC(=O)C1CCN(C(=NC)NCc2nc(C)no2)CC1. The van der Waals surface area contributed by atoms with Gasteiger partial charge in [-0.05, 0) is 26.7 Å². The summed E-state index contributed by atoms with van der Waals surface area (Å²) in [6.45, 7) is 6.02. The number of likely N-dealkylation sites (tertiary alicyclic amines) is 1. The van der Waals surface area contributed by atoms with E-state index in [9.17, 15) is 4.79 Å². The Balaban J connectivity index is 1.82. The fourth-order valence-electron chi connectivity index (χ4n) is 2.49. The molecule has 0 spiro atoms. The first-order valence-corrected chi connectivity index (χ1v) is 7.55. The number of esters is 1. The molecule has 8 heteroatoms. The Morgan fingerprint density at radius 3 is 2.77 bits per heavy atom. The van der Waals surface area contributed by atoms with Gasteiger partial charge in [-0.2, -0.15) is 4.98 Å². The Morgan fingerprint density at radius 1 is 1.50 bits per heavy atom. The zero-order valence-electron chi connectivity index (χ0n) is 13.3. The van der Waals surface area contributed by atoms with Crippen LogP contribution in [0.25, 0.3) is 0 Å². The summed E-state index contributed by atoms with van der Waals surface area (Å²) < 4.78 is 10.1. The molecule has 0 amide bonds. The van der Waals surface area contributed by atoms with Gasteiger partial charge < -0.3 is 19.5 Å². The predicted octanol–water partition coefficient (Wildman–Crippen LogP) is 0.729. The first-order chi connectivity index (χ1) is 10.6. The van der Waals surface area contributed by atoms with Crippen LogP contribution in [0.4, 0.5) is 0 Å². The molecule has 0 unspecified atom stereocenters. The minimum absolute atomic E-state index is 0.00658. The van der Waals surface area contributed by atoms with Gasteiger partial charge in [0.2, 0.25) is 5.89 Å². The van der Waals surface area contributed by atoms with Crippen molar-refractivity contribution in [1.82, 2.24) is 20.4 Å². The van der Waals surface area contributed by atoms with E-state index in [2.05, 4.69) is 25.3 Å². The number of carbonyl (C=O) groups excluding carboxylic acids is 1. The first-order valence-electron chi connectivity index (χ1n) is 7.55. The zero-order valence-corrected chi connectivity index (χ0v) is 13.3. The van der Waals surface area contributed by atoms with Crippen LogP contribution in [0.1, 0.15) is 31.5 Å². The van der Waals surface area contributed by atoms with Gasteiger partial charge in [0.05, 0.1) is 19.1 Å². The van der Waals surface area contributed by atoms with Crippen molar-refractivity contribution in [3.8, 4) is 0 Å². The smallest absolute Gasteiger partial charge is 0.309 e. The minimum atomic E-state index is -0.0913. The van der Waals surface area contributed by atoms with Crippen LogP contribution in [0.2, 0.25) is 0 Å². The van der Waals surface area contributed by atoms with E-state index in [1.54, 1.807) is 14.0 Å². The van der Waals surface area contributed by atoms with Gasteiger partial charge in [0.15, 0.2) is 11.8 Å². The maximum absolute atomic E-state index is 11.7. The summed E-state index contributed by atoms with van der Waals surface area (Å²) in [5.74, 6) is 1.82. The molecule has 2 heterocycles. The molecule has 0 aliphatic carbocycles. The van der Waals surface area contributed by atoms with E-state index in [-0.39, 0.29) is 11.9 Å². The normalized spacial score (nSPS) is 16.7. The number of nitrogens with one attached hydrogen (secondary N) is 1. The summed E-state index contributed by atoms with van der Waals surface area (Å²) in [4.78, 5) is 22.3. The fourth-order valence-corrected chi connectivity index (χ4v) is 2.49. The standard InChI is InChI=1S/C14H23N5O3/c1-4-21-13(20)11-5-7-19(8-6-11)14(15-3)16-9-12-17-10(2)18-22-12/h11H,4-9H2,1-3H3,(H,15,16). The van der Waals surface area contributed by atoms with Gasteiger partial charge in [-0.3, -0.25) is 9.79 Å². The van der Waals surface area contributed by atoms with Gasteiger partial charge in [-0.15, -0.1) is 0 Å². The number of nitrogens with zero attached hydrogens (tertiary/aromatic N) is 4. The molecule has 22 heavy (non-hydrogen) atoms. The Hall–Kier alpha value is -2.12. The number of aryl methyl sites for hydroxylation is 1. The maximum Gasteiger partial charge on any atom is 0.309 e. The van der Waals surface area contributed by atoms with E-state index in [4.69, 9.17) is 9.26 Å². The van der Waals surface area contributed by atoms with Crippen LogP contribution in [-0.4, -0.2) is 53.7 Å². The first kappa shape index (κ1) is 16.3. The Bertz CT molecular complexity index is 520. The Morgan fingerprint density at radius 2 is 2.23 bits per heavy atom. The highest BCUT2D eigenvalue weighted by atomic mass is 16.5. The molecular weight excluding hydrogens is 286 g/mol. The van der Waals surface area contributed by atoms with Gasteiger partial charge in [0.1, 0.15) is 0 Å². The van der Waals surface area contributed by atoms with Crippen LogP contribution >= 0.6 is 0 Å². The third-order valence-corrected chi connectivity index (χ3v) is 3.59. The van der Waals surface area contributed by atoms with Gasteiger partial charge in [-0.25, -0.2) is 0 Å². The second kappa shape index (κ2) is 7.77. The number of hydrogen-bond acceptors (Lipinski definition) is 6. The highest BCUT2D eigenvalue weighted by molar-refractivity contribution is 5.80. The largest absolute Gasteiger partial charge is 0.466 e. The molecule has 2 rings (SSSR count). The molecule has 0 aromatic carbocycles. The lowest BCUT2D eigenvalue weighted by Gasteiger charge is -2.33. The number of ether oxygens (including phenoxy) is 1. The van der Waals surface area contributed by atoms with Crippen LogP contribution in [0, 0.1) is 12.8 Å². The molecule has 1 aromatic rings. The molecule has 1 N–H and O–H groups in total. The molecule has 122 valence electrons. The average Bonchev–Trinajstić information content (AvgIpc) is 2.94. The molecule has 0 saturated carbocycles. The van der Waals surface area contributed by atoms with Crippen molar-refractivity contribution in [3.63, 3.8) is 0 Å². The second-order valence-electron chi connectivity index (χ2n) is 5.15. The summed E-state index contributed by atoms with van der Waals surface area (Å²) in [7, 11) is 1.73. The van der Waals surface area contributed by atoms with Gasteiger partial charge in [0, 0.05) is 20.1 Å². The van der Waals surface area contributed by atoms with Gasteiger partial charge in [-0.1, -0.05) is 5.16 Å². The highest BCUT2D eigenvalue weighted by Crippen LogP contribution is 2.18. The van der Waals surface area contributed by atoms with Crippen LogP contribution < -0.4 is 5.32 Å². The van der Waals surface area contributed by atoms with Gasteiger partial charge in [0.25, 0.3) is 0 Å². The molecule has 0 atom stereocenters. The molecule has 0 bridgehead atoms. The molecule has 8 nitrogen and oxygen atoms in total. The highest BCUT2D eigenvalue weighted by Gasteiger charge is 2.27. The lowest BCUT2D eigenvalue weighted by molar-refractivity contribution is -0.149. The van der Waals surface area contributed by atoms with Crippen molar-refractivity contribution < 1.29 is 14.1 Å². The zero-order chi connectivity index (χ0) is 15.9. The molecule has 0 radical (unpaired) electrons. The van der Waals surface area contributed by atoms with E-state index in [1.165, 1.54) is 0 Å². The Kier molecular flexibility index (Phi) is 5.74. The van der Waals surface area contributed by atoms with Crippen molar-refractivity contribution in [2.24, 2.45) is 10.9 Å². The van der Waals surface area contributed by atoms with E-state index in [0.29, 0.717) is 24.9 Å². The van der Waals surface area contributed by atoms with E-state index >= 15 is 0 Å². The summed E-state index contributed by atoms with van der Waals surface area (Å²) in [5, 5.41) is 6.95. The number of piperidine rings is 1. The number of aromatic nitrogens is 2. The lowest BCUT2D eigenvalue weighted by Crippen LogP contribution is -2.46. The quantitative estimate of drug-likeness (QED) is 0.498. The van der Waals surface area contributed by atoms with Crippen LogP contribution in [0.5, 0.6) is 0 Å². The molecule has 1 saturated heterocycles. The van der Waals surface area contributed by atoms with Crippen molar-refractivity contribution >= 4 is 11.9 Å². The molecule has 1 aliphatic rings. The van der Waals surface area contributed by atoms with Crippen molar-refractivity contribution in [2.45, 2.75) is 33.2 Å². The van der Waals surface area contributed by atoms with Gasteiger partial charge >= 0.3 is 5.97 Å². The number of guanidine groups is 1. The minimum Gasteiger partial charge on any atom is -0.466 e. The number of carbonyl (C=O) groups is 1. The number of hydrogen-bond donors (Lipinski definition) is 1. The predicted molar refractivity (Wildman–Crippen MR) is 80.2 cm³/mol. The monoisotopic (exact) mass is 309 g/mol.